The minimum Gasteiger partial charge on any atom is -0.393 e. The minimum absolute atomic E-state index is 0.0130. The Balaban J connectivity index is 1.49. The first-order valence-corrected chi connectivity index (χ1v) is 7.36. The van der Waals surface area contributed by atoms with Crippen molar-refractivity contribution < 1.29 is 14.3 Å². The molecule has 0 bridgehead atoms. The van der Waals surface area contributed by atoms with Crippen molar-refractivity contribution >= 4 is 5.91 Å². The van der Waals surface area contributed by atoms with E-state index in [0.717, 1.165) is 31.2 Å². The summed E-state index contributed by atoms with van der Waals surface area (Å²) in [6, 6.07) is 6.40. The van der Waals surface area contributed by atoms with Crippen molar-refractivity contribution in [2.45, 2.75) is 37.7 Å². The Labute approximate surface area is 118 Å². The molecule has 108 valence electrons. The Morgan fingerprint density at radius 1 is 1.30 bits per heavy atom. The fourth-order valence-corrected chi connectivity index (χ4v) is 3.18. The minimum atomic E-state index is -0.262. The van der Waals surface area contributed by atoms with Crippen LogP contribution in [0.1, 0.15) is 37.2 Å². The number of nitrogens with one attached hydrogen (secondary N) is 1. The van der Waals surface area contributed by atoms with Gasteiger partial charge >= 0.3 is 0 Å². The first kappa shape index (κ1) is 13.6. The molecular weight excluding hydrogens is 257 g/mol. The fourth-order valence-electron chi connectivity index (χ4n) is 3.18. The normalized spacial score (nSPS) is 32.1. The lowest BCUT2D eigenvalue weighted by Crippen LogP contribution is -2.33. The van der Waals surface area contributed by atoms with Crippen molar-refractivity contribution in [2.75, 3.05) is 6.54 Å². The Morgan fingerprint density at radius 3 is 2.70 bits per heavy atom. The standard InChI is InChI=1S/C16H20FNO2/c17-12-6-4-10(5-7-12)13-8-14(13)16(20)18-9-11-2-1-3-15(11)19/h4-7,11,13-15,19H,1-3,8-9H2,(H,18,20)/t11-,13-,14-,15-/m0/s1. The van der Waals surface area contributed by atoms with Crippen molar-refractivity contribution in [2.24, 2.45) is 11.8 Å². The molecule has 1 aromatic rings. The van der Waals surface area contributed by atoms with E-state index in [4.69, 9.17) is 0 Å². The summed E-state index contributed by atoms with van der Waals surface area (Å²) in [6.07, 6.45) is 3.46. The van der Waals surface area contributed by atoms with Crippen LogP contribution in [0.2, 0.25) is 0 Å². The zero-order valence-electron chi connectivity index (χ0n) is 11.4. The van der Waals surface area contributed by atoms with E-state index in [1.54, 1.807) is 12.1 Å². The lowest BCUT2D eigenvalue weighted by Gasteiger charge is -2.15. The number of aliphatic hydroxyl groups is 1. The molecular formula is C16H20FNO2. The highest BCUT2D eigenvalue weighted by atomic mass is 19.1. The van der Waals surface area contributed by atoms with Crippen LogP contribution >= 0.6 is 0 Å². The third-order valence-corrected chi connectivity index (χ3v) is 4.58. The van der Waals surface area contributed by atoms with Crippen LogP contribution in [0.4, 0.5) is 4.39 Å². The summed E-state index contributed by atoms with van der Waals surface area (Å²) in [5, 5.41) is 12.7. The first-order chi connectivity index (χ1) is 9.65. The highest BCUT2D eigenvalue weighted by Gasteiger charge is 2.44. The maximum absolute atomic E-state index is 12.9. The van der Waals surface area contributed by atoms with Gasteiger partial charge in [0, 0.05) is 18.4 Å². The summed E-state index contributed by atoms with van der Waals surface area (Å²) in [5.41, 5.74) is 1.03. The molecule has 3 nitrogen and oxygen atoms in total. The largest absolute Gasteiger partial charge is 0.393 e. The molecule has 0 spiro atoms. The second-order valence-electron chi connectivity index (χ2n) is 6.00. The van der Waals surface area contributed by atoms with Gasteiger partial charge in [0.05, 0.1) is 6.10 Å². The highest BCUT2D eigenvalue weighted by Crippen LogP contribution is 2.47. The summed E-state index contributed by atoms with van der Waals surface area (Å²) in [5.74, 6) is 0.272. The highest BCUT2D eigenvalue weighted by molar-refractivity contribution is 5.82. The Kier molecular flexibility index (Phi) is 3.74. The van der Waals surface area contributed by atoms with Crippen LogP contribution in [-0.4, -0.2) is 23.7 Å². The van der Waals surface area contributed by atoms with Gasteiger partial charge in [0.25, 0.3) is 0 Å². The average molecular weight is 277 g/mol. The van der Waals surface area contributed by atoms with Crippen LogP contribution in [0.25, 0.3) is 0 Å². The number of hydrogen-bond acceptors (Lipinski definition) is 2. The molecule has 2 N–H and O–H groups in total. The second-order valence-corrected chi connectivity index (χ2v) is 6.00. The quantitative estimate of drug-likeness (QED) is 0.886. The maximum atomic E-state index is 12.9. The molecule has 1 aromatic carbocycles. The molecule has 4 heteroatoms. The molecule has 1 amide bonds. The summed E-state index contributed by atoms with van der Waals surface area (Å²) in [4.78, 5) is 12.1. The molecule has 20 heavy (non-hydrogen) atoms. The predicted octanol–water partition coefficient (Wildman–Crippen LogP) is 2.21. The number of amides is 1. The van der Waals surface area contributed by atoms with Gasteiger partial charge in [0.1, 0.15) is 5.82 Å². The van der Waals surface area contributed by atoms with E-state index in [1.165, 1.54) is 12.1 Å². The third-order valence-electron chi connectivity index (χ3n) is 4.58. The van der Waals surface area contributed by atoms with Crippen LogP contribution in [0, 0.1) is 17.7 Å². The molecule has 0 radical (unpaired) electrons. The van der Waals surface area contributed by atoms with Crippen molar-refractivity contribution in [1.82, 2.24) is 5.32 Å². The summed E-state index contributed by atoms with van der Waals surface area (Å²) in [6.45, 7) is 0.576. The van der Waals surface area contributed by atoms with Gasteiger partial charge in [-0.2, -0.15) is 0 Å². The molecule has 0 heterocycles. The first-order valence-electron chi connectivity index (χ1n) is 7.36. The van der Waals surface area contributed by atoms with Crippen LogP contribution in [0.3, 0.4) is 0 Å². The second kappa shape index (κ2) is 5.52. The number of hydrogen-bond donors (Lipinski definition) is 2. The molecule has 0 aromatic heterocycles. The van der Waals surface area contributed by atoms with Crippen LogP contribution in [-0.2, 0) is 4.79 Å². The molecule has 0 aliphatic heterocycles. The smallest absolute Gasteiger partial charge is 0.223 e. The zero-order chi connectivity index (χ0) is 14.1. The van der Waals surface area contributed by atoms with E-state index in [0.29, 0.717) is 6.54 Å². The predicted molar refractivity (Wildman–Crippen MR) is 73.6 cm³/mol. The summed E-state index contributed by atoms with van der Waals surface area (Å²) < 4.78 is 12.9. The van der Waals surface area contributed by atoms with Crippen LogP contribution < -0.4 is 5.32 Å². The van der Waals surface area contributed by atoms with Crippen molar-refractivity contribution in [3.63, 3.8) is 0 Å². The topological polar surface area (TPSA) is 49.3 Å². The number of carbonyl (C=O) groups excluding carboxylic acids is 1. The molecule has 0 saturated heterocycles. The Morgan fingerprint density at radius 2 is 2.05 bits per heavy atom. The van der Waals surface area contributed by atoms with E-state index in [-0.39, 0.29) is 35.6 Å². The van der Waals surface area contributed by atoms with Crippen molar-refractivity contribution in [3.05, 3.63) is 35.6 Å². The number of aliphatic hydroxyl groups excluding tert-OH is 1. The van der Waals surface area contributed by atoms with Gasteiger partial charge in [0.2, 0.25) is 5.91 Å². The van der Waals surface area contributed by atoms with Crippen molar-refractivity contribution in [3.8, 4) is 0 Å². The van der Waals surface area contributed by atoms with Gasteiger partial charge in [-0.05, 0) is 42.9 Å². The SMILES string of the molecule is O=C(NC[C@@H]1CCC[C@@H]1O)[C@H]1C[C@H]1c1ccc(F)cc1. The van der Waals surface area contributed by atoms with Gasteiger partial charge in [0.15, 0.2) is 0 Å². The van der Waals surface area contributed by atoms with E-state index in [9.17, 15) is 14.3 Å². The number of carbonyl (C=O) groups is 1. The Bertz CT molecular complexity index is 488. The van der Waals surface area contributed by atoms with Gasteiger partial charge < -0.3 is 10.4 Å². The van der Waals surface area contributed by atoms with Gasteiger partial charge in [-0.1, -0.05) is 18.6 Å². The monoisotopic (exact) mass is 277 g/mol. The Hall–Kier alpha value is -1.42. The van der Waals surface area contributed by atoms with Crippen LogP contribution in [0.5, 0.6) is 0 Å². The summed E-state index contributed by atoms with van der Waals surface area (Å²) in [7, 11) is 0. The van der Waals surface area contributed by atoms with Crippen LogP contribution in [0.15, 0.2) is 24.3 Å². The van der Waals surface area contributed by atoms with Gasteiger partial charge in [-0.25, -0.2) is 4.39 Å². The number of rotatable bonds is 4. The lowest BCUT2D eigenvalue weighted by molar-refractivity contribution is -0.122. The lowest BCUT2D eigenvalue weighted by atomic mass is 10.1. The van der Waals surface area contributed by atoms with E-state index in [1.807, 2.05) is 0 Å². The molecule has 2 aliphatic carbocycles. The molecule has 0 unspecified atom stereocenters. The third kappa shape index (κ3) is 2.85. The van der Waals surface area contributed by atoms with Gasteiger partial charge in [-0.15, -0.1) is 0 Å². The van der Waals surface area contributed by atoms with Crippen molar-refractivity contribution in [1.29, 1.82) is 0 Å². The molecule has 2 fully saturated rings. The van der Waals surface area contributed by atoms with E-state index < -0.39 is 0 Å². The molecule has 2 saturated carbocycles. The molecule has 3 rings (SSSR count). The average Bonchev–Trinajstić information content (AvgIpc) is 3.14. The maximum Gasteiger partial charge on any atom is 0.223 e. The zero-order valence-corrected chi connectivity index (χ0v) is 11.4. The van der Waals surface area contributed by atoms with E-state index >= 15 is 0 Å². The molecule has 4 atom stereocenters. The number of halogens is 1. The fraction of sp³-hybridized carbons (Fsp3) is 0.562. The molecule has 2 aliphatic rings. The van der Waals surface area contributed by atoms with Gasteiger partial charge in [-0.3, -0.25) is 4.79 Å². The summed E-state index contributed by atoms with van der Waals surface area (Å²) >= 11 is 0. The number of benzene rings is 1. The van der Waals surface area contributed by atoms with E-state index in [2.05, 4.69) is 5.32 Å².